The lowest BCUT2D eigenvalue weighted by molar-refractivity contribution is 0.586. The predicted molar refractivity (Wildman–Crippen MR) is 90.6 cm³/mol. The van der Waals surface area contributed by atoms with Crippen LogP contribution >= 0.6 is 0 Å². The summed E-state index contributed by atoms with van der Waals surface area (Å²) in [5, 5.41) is 4.42. The largest absolute Gasteiger partial charge is 0.275 e. The van der Waals surface area contributed by atoms with E-state index in [1.807, 2.05) is 37.5 Å². The van der Waals surface area contributed by atoms with Crippen LogP contribution in [-0.4, -0.2) is 31.5 Å². The van der Waals surface area contributed by atoms with E-state index in [9.17, 15) is 8.42 Å². The molecule has 1 heterocycles. The summed E-state index contributed by atoms with van der Waals surface area (Å²) in [5.41, 5.74) is 3.07. The highest BCUT2D eigenvalue weighted by Gasteiger charge is 2.27. The Kier molecular flexibility index (Phi) is 4.08. The molecule has 2 rings (SSSR count). The molecule has 0 aliphatic rings. The molecular formula is C16H23N3O2S. The van der Waals surface area contributed by atoms with Crippen molar-refractivity contribution >= 4 is 15.7 Å². The van der Waals surface area contributed by atoms with Gasteiger partial charge in [0, 0.05) is 25.9 Å². The second-order valence-corrected chi connectivity index (χ2v) is 8.57. The number of para-hydroxylation sites is 1. The zero-order valence-electron chi connectivity index (χ0n) is 14.0. The van der Waals surface area contributed by atoms with Gasteiger partial charge in [-0.15, -0.1) is 0 Å². The number of hydrogen-bond acceptors (Lipinski definition) is 3. The molecule has 0 amide bonds. The maximum atomic E-state index is 12.1. The molecule has 0 N–H and O–H groups in total. The molecule has 120 valence electrons. The summed E-state index contributed by atoms with van der Waals surface area (Å²) >= 11 is 0. The Labute approximate surface area is 132 Å². The van der Waals surface area contributed by atoms with Gasteiger partial charge in [0.15, 0.2) is 0 Å². The van der Waals surface area contributed by atoms with E-state index in [1.54, 1.807) is 11.7 Å². The molecule has 0 radical (unpaired) electrons. The van der Waals surface area contributed by atoms with E-state index < -0.39 is 10.0 Å². The Bertz CT molecular complexity index is 786. The van der Waals surface area contributed by atoms with Crippen LogP contribution in [0.3, 0.4) is 0 Å². The summed E-state index contributed by atoms with van der Waals surface area (Å²) in [7, 11) is 0.0703. The summed E-state index contributed by atoms with van der Waals surface area (Å²) in [4.78, 5) is 0. The fraction of sp³-hybridized carbons (Fsp3) is 0.438. The Morgan fingerprint density at radius 1 is 1.18 bits per heavy atom. The molecule has 0 aliphatic carbocycles. The number of benzene rings is 1. The predicted octanol–water partition coefficient (Wildman–Crippen LogP) is 2.78. The average molecular weight is 321 g/mol. The molecule has 6 heteroatoms. The van der Waals surface area contributed by atoms with E-state index in [0.717, 1.165) is 16.8 Å². The average Bonchev–Trinajstić information content (AvgIpc) is 2.81. The van der Waals surface area contributed by atoms with Gasteiger partial charge < -0.3 is 0 Å². The molecule has 0 spiro atoms. The van der Waals surface area contributed by atoms with Gasteiger partial charge in [-0.3, -0.25) is 8.99 Å². The number of nitrogens with zero attached hydrogens (tertiary/aromatic N) is 3. The molecule has 0 aliphatic heterocycles. The van der Waals surface area contributed by atoms with Crippen LogP contribution in [0.25, 0.3) is 11.3 Å². The minimum Gasteiger partial charge on any atom is -0.275 e. The van der Waals surface area contributed by atoms with Crippen LogP contribution in [-0.2, 0) is 22.5 Å². The maximum absolute atomic E-state index is 12.1. The molecule has 22 heavy (non-hydrogen) atoms. The zero-order valence-corrected chi connectivity index (χ0v) is 14.8. The summed E-state index contributed by atoms with van der Waals surface area (Å²) in [6.45, 7) is 6.22. The molecule has 1 aromatic heterocycles. The lowest BCUT2D eigenvalue weighted by atomic mass is 9.84. The van der Waals surface area contributed by atoms with E-state index in [4.69, 9.17) is 0 Å². The lowest BCUT2D eigenvalue weighted by Gasteiger charge is -2.29. The van der Waals surface area contributed by atoms with Crippen molar-refractivity contribution in [2.45, 2.75) is 26.2 Å². The number of sulfonamides is 1. The highest BCUT2D eigenvalue weighted by Crippen LogP contribution is 2.39. The van der Waals surface area contributed by atoms with Gasteiger partial charge in [-0.05, 0) is 17.0 Å². The second-order valence-electron chi connectivity index (χ2n) is 6.56. The molecular weight excluding hydrogens is 298 g/mol. The Morgan fingerprint density at radius 2 is 1.82 bits per heavy atom. The monoisotopic (exact) mass is 321 g/mol. The first kappa shape index (κ1) is 16.5. The highest BCUT2D eigenvalue weighted by atomic mass is 32.2. The first-order chi connectivity index (χ1) is 10.0. The van der Waals surface area contributed by atoms with Gasteiger partial charge in [0.1, 0.15) is 0 Å². The fourth-order valence-corrected chi connectivity index (χ4v) is 2.95. The molecule has 0 fully saturated rings. The van der Waals surface area contributed by atoms with E-state index in [2.05, 4.69) is 25.9 Å². The van der Waals surface area contributed by atoms with E-state index in [0.29, 0.717) is 5.69 Å². The van der Waals surface area contributed by atoms with Crippen molar-refractivity contribution in [3.8, 4) is 11.3 Å². The van der Waals surface area contributed by atoms with Crippen molar-refractivity contribution in [2.75, 3.05) is 17.6 Å². The molecule has 0 saturated heterocycles. The third kappa shape index (κ3) is 3.16. The molecule has 1 aromatic carbocycles. The Morgan fingerprint density at radius 3 is 2.27 bits per heavy atom. The number of aromatic nitrogens is 2. The third-order valence-corrected chi connectivity index (χ3v) is 4.82. The third-order valence-electron chi connectivity index (χ3n) is 3.65. The van der Waals surface area contributed by atoms with Gasteiger partial charge >= 0.3 is 0 Å². The van der Waals surface area contributed by atoms with Crippen LogP contribution < -0.4 is 4.31 Å². The number of hydrogen-bond donors (Lipinski definition) is 0. The van der Waals surface area contributed by atoms with Crippen LogP contribution in [0.4, 0.5) is 5.69 Å². The van der Waals surface area contributed by atoms with Gasteiger partial charge in [0.2, 0.25) is 10.0 Å². The number of rotatable bonds is 3. The molecule has 0 unspecified atom stereocenters. The van der Waals surface area contributed by atoms with Crippen molar-refractivity contribution in [1.29, 1.82) is 0 Å². The first-order valence-corrected chi connectivity index (χ1v) is 8.94. The minimum atomic E-state index is -3.36. The van der Waals surface area contributed by atoms with Crippen molar-refractivity contribution in [1.82, 2.24) is 9.78 Å². The van der Waals surface area contributed by atoms with Crippen LogP contribution in [0, 0.1) is 0 Å². The zero-order chi connectivity index (χ0) is 16.7. The van der Waals surface area contributed by atoms with Crippen LogP contribution in [0.5, 0.6) is 0 Å². The molecule has 2 aromatic rings. The van der Waals surface area contributed by atoms with Crippen molar-refractivity contribution < 1.29 is 8.42 Å². The van der Waals surface area contributed by atoms with Gasteiger partial charge in [-0.1, -0.05) is 39.0 Å². The van der Waals surface area contributed by atoms with Crippen LogP contribution in [0.2, 0.25) is 0 Å². The molecule has 0 saturated carbocycles. The van der Waals surface area contributed by atoms with Crippen molar-refractivity contribution in [3.63, 3.8) is 0 Å². The minimum absolute atomic E-state index is 0.181. The smallest absolute Gasteiger partial charge is 0.232 e. The SMILES string of the molecule is CN(c1c(-c2ccn(C)n2)cccc1C(C)(C)C)S(C)(=O)=O. The normalized spacial score (nSPS) is 12.5. The molecule has 0 bridgehead atoms. The lowest BCUT2D eigenvalue weighted by Crippen LogP contribution is -2.29. The van der Waals surface area contributed by atoms with Crippen molar-refractivity contribution in [2.24, 2.45) is 7.05 Å². The topological polar surface area (TPSA) is 55.2 Å². The number of anilines is 1. The fourth-order valence-electron chi connectivity index (χ4n) is 2.42. The summed E-state index contributed by atoms with van der Waals surface area (Å²) < 4.78 is 27.3. The van der Waals surface area contributed by atoms with Crippen LogP contribution in [0.15, 0.2) is 30.5 Å². The Hall–Kier alpha value is -1.82. The van der Waals surface area contributed by atoms with Gasteiger partial charge in [0.25, 0.3) is 0 Å². The van der Waals surface area contributed by atoms with Gasteiger partial charge in [-0.2, -0.15) is 5.10 Å². The van der Waals surface area contributed by atoms with Crippen LogP contribution in [0.1, 0.15) is 26.3 Å². The first-order valence-electron chi connectivity index (χ1n) is 7.09. The quantitative estimate of drug-likeness (QED) is 0.873. The summed E-state index contributed by atoms with van der Waals surface area (Å²) in [5.74, 6) is 0. The Balaban J connectivity index is 2.80. The maximum Gasteiger partial charge on any atom is 0.232 e. The number of aryl methyl sites for hydroxylation is 1. The van der Waals surface area contributed by atoms with Crippen molar-refractivity contribution in [3.05, 3.63) is 36.0 Å². The summed E-state index contributed by atoms with van der Waals surface area (Å²) in [6.07, 6.45) is 3.07. The van der Waals surface area contributed by atoms with E-state index in [-0.39, 0.29) is 5.41 Å². The van der Waals surface area contributed by atoms with Gasteiger partial charge in [-0.25, -0.2) is 8.42 Å². The molecule has 5 nitrogen and oxygen atoms in total. The highest BCUT2D eigenvalue weighted by molar-refractivity contribution is 7.92. The second kappa shape index (κ2) is 5.43. The van der Waals surface area contributed by atoms with E-state index in [1.165, 1.54) is 10.6 Å². The van der Waals surface area contributed by atoms with E-state index >= 15 is 0 Å². The molecule has 0 atom stereocenters. The summed E-state index contributed by atoms with van der Waals surface area (Å²) in [6, 6.07) is 7.73. The van der Waals surface area contributed by atoms with Gasteiger partial charge in [0.05, 0.1) is 17.6 Å². The standard InChI is InChI=1S/C16H23N3O2S/c1-16(2,3)13-9-7-8-12(14-10-11-18(4)17-14)15(13)19(5)22(6,20)21/h7-11H,1-6H3.